The van der Waals surface area contributed by atoms with Gasteiger partial charge in [-0.3, -0.25) is 24.5 Å². The molecule has 1 heterocycles. The maximum Gasteiger partial charge on any atom is 0.271 e. The Kier molecular flexibility index (Phi) is 19.5. The molecule has 91 heavy (non-hydrogen) atoms. The van der Waals surface area contributed by atoms with Crippen LogP contribution in [0.5, 0.6) is 0 Å². The number of nitro groups is 1. The van der Waals surface area contributed by atoms with Crippen LogP contribution in [0.15, 0.2) is 231 Å². The lowest BCUT2D eigenvalue weighted by Crippen LogP contribution is -2.74. The van der Waals surface area contributed by atoms with Crippen molar-refractivity contribution in [1.29, 1.82) is 0 Å². The maximum atomic E-state index is 12.0. The van der Waals surface area contributed by atoms with Crippen LogP contribution in [-0.2, 0) is 31.6 Å². The van der Waals surface area contributed by atoms with E-state index >= 15 is 0 Å². The van der Waals surface area contributed by atoms with Crippen LogP contribution in [0.25, 0.3) is 27.5 Å². The third kappa shape index (κ3) is 15.1. The molecule has 0 atom stereocenters. The zero-order valence-electron chi connectivity index (χ0n) is 50.7. The maximum absolute atomic E-state index is 12.0. The highest BCUT2D eigenvalue weighted by Crippen LogP contribution is 2.36. The van der Waals surface area contributed by atoms with E-state index in [-0.39, 0.29) is 26.0 Å². The smallest absolute Gasteiger partial charge is 0.271 e. The fourth-order valence-corrected chi connectivity index (χ4v) is 17.2. The molecule has 0 saturated heterocycles. The first-order chi connectivity index (χ1) is 44.1. The average Bonchev–Trinajstić information content (AvgIpc) is 1.71. The number of carbonyl (C=O) groups is 3. The summed E-state index contributed by atoms with van der Waals surface area (Å²) in [6.07, 6.45) is 0. The van der Waals surface area contributed by atoms with E-state index in [1.54, 1.807) is 32.9 Å². The Morgan fingerprint density at radius 3 is 1.05 bits per heavy atom. The molecule has 0 aliphatic carbocycles. The molecule has 0 saturated carbocycles. The number of hydrogen-bond donors (Lipinski definition) is 0. The molecular formula is C79H59N3O5S3Si. The lowest BCUT2D eigenvalue weighted by Gasteiger charge is -2.34. The van der Waals surface area contributed by atoms with E-state index in [2.05, 4.69) is 167 Å². The van der Waals surface area contributed by atoms with Gasteiger partial charge in [0, 0.05) is 131 Å². The van der Waals surface area contributed by atoms with E-state index in [4.69, 9.17) is 0 Å². The molecule has 0 spiro atoms. The molecule has 8 nitrogen and oxygen atoms in total. The number of hydrogen-bond acceptors (Lipinski definition) is 9. The number of thioether (sulfide) groups is 3. The van der Waals surface area contributed by atoms with Crippen LogP contribution in [0.3, 0.4) is 0 Å². The van der Waals surface area contributed by atoms with Crippen molar-refractivity contribution in [2.24, 2.45) is 0 Å². The summed E-state index contributed by atoms with van der Waals surface area (Å²) in [7, 11) is 0.756. The Morgan fingerprint density at radius 2 is 0.725 bits per heavy atom. The Balaban J connectivity index is 0.991. The fraction of sp³-hybridized carbons (Fsp3) is 0.101. The first-order valence-corrected chi connectivity index (χ1v) is 34.3. The highest BCUT2D eigenvalue weighted by atomic mass is 32.2. The normalized spacial score (nSPS) is 10.8. The Hall–Kier alpha value is -10.3. The van der Waals surface area contributed by atoms with Gasteiger partial charge in [0.1, 0.15) is 0 Å². The van der Waals surface area contributed by atoms with Gasteiger partial charge in [-0.2, -0.15) is 0 Å². The fourth-order valence-electron chi connectivity index (χ4n) is 10.9. The molecule has 0 aliphatic heterocycles. The third-order valence-corrected chi connectivity index (χ3v) is 22.8. The molecule has 10 aromatic carbocycles. The van der Waals surface area contributed by atoms with Gasteiger partial charge in [-0.05, 0) is 165 Å². The van der Waals surface area contributed by atoms with Crippen molar-refractivity contribution in [2.45, 2.75) is 38.0 Å². The van der Waals surface area contributed by atoms with E-state index in [1.807, 2.05) is 122 Å². The molecule has 442 valence electrons. The summed E-state index contributed by atoms with van der Waals surface area (Å²) in [4.78, 5) is 49.0. The van der Waals surface area contributed by atoms with Crippen LogP contribution in [0.4, 0.5) is 11.4 Å². The largest absolute Gasteiger partial charge is 0.378 e. The van der Waals surface area contributed by atoms with Gasteiger partial charge >= 0.3 is 0 Å². The molecule has 0 bridgehead atoms. The zero-order valence-corrected chi connectivity index (χ0v) is 54.1. The van der Waals surface area contributed by atoms with E-state index in [0.717, 1.165) is 115 Å². The van der Waals surface area contributed by atoms with Gasteiger partial charge in [0.2, 0.25) is 0 Å². The number of rotatable bonds is 13. The van der Waals surface area contributed by atoms with Crippen LogP contribution in [0, 0.1) is 57.5 Å². The standard InChI is InChI=1S/C79H59N3O5S3Si/c1-55(83)88-52-66-12-6-9-63(47-66)20-17-60-27-39-73(40-28-60)91(74-41-29-61(30-42-74)18-21-64-10-7-13-67(48-64)53-89-56(2)84,75-43-31-62(32-44-75)19-22-65-11-8-14-68(49-65)54-90-57(3)85)72-37-25-59(26-38-72)16-15-58-23-33-69(34-24-58)81-78-50-70(80(4)5)35-45-76(78)77-46-36-71(82(86)87)51-79(77)81/h6-14,23-51H,52-54H2,1-5H3. The summed E-state index contributed by atoms with van der Waals surface area (Å²) in [5.74, 6) is 29.0. The van der Waals surface area contributed by atoms with Gasteiger partial charge in [0.15, 0.2) is 23.4 Å². The number of aromatic nitrogens is 1. The summed E-state index contributed by atoms with van der Waals surface area (Å²) in [5.41, 5.74) is 13.5. The molecule has 1 aromatic heterocycles. The molecule has 0 N–H and O–H groups in total. The van der Waals surface area contributed by atoms with Crippen molar-refractivity contribution in [3.8, 4) is 53.1 Å². The van der Waals surface area contributed by atoms with Gasteiger partial charge in [0.05, 0.1) is 16.0 Å². The number of anilines is 1. The molecule has 0 fully saturated rings. The molecule has 0 aliphatic rings. The summed E-state index contributed by atoms with van der Waals surface area (Å²) < 4.78 is 2.08. The van der Waals surface area contributed by atoms with Crippen molar-refractivity contribution < 1.29 is 19.3 Å². The van der Waals surface area contributed by atoms with Crippen molar-refractivity contribution in [2.75, 3.05) is 19.0 Å². The van der Waals surface area contributed by atoms with E-state index < -0.39 is 8.07 Å². The summed E-state index contributed by atoms with van der Waals surface area (Å²) >= 11 is 3.85. The second-order valence-electron chi connectivity index (χ2n) is 21.9. The molecule has 0 amide bonds. The van der Waals surface area contributed by atoms with E-state index in [1.165, 1.54) is 35.3 Å². The average molecular weight is 1250 g/mol. The quantitative estimate of drug-likeness (QED) is 0.0367. The second-order valence-corrected chi connectivity index (χ2v) is 29.2. The molecule has 0 radical (unpaired) electrons. The summed E-state index contributed by atoms with van der Waals surface area (Å²) in [5, 5.41) is 18.7. The highest BCUT2D eigenvalue weighted by molar-refractivity contribution is 8.13. The van der Waals surface area contributed by atoms with Crippen LogP contribution in [0.1, 0.15) is 82.0 Å². The SMILES string of the molecule is CC(=O)SCc1cccc(C#Cc2ccc([Si](c3ccc(C#Cc4ccc(-n5c6cc(N(C)C)ccc6c6ccc([N+](=O)[O-])cc65)cc4)cc3)(c3ccc(C#Cc4cccc(CSC(C)=O)c4)cc3)c3ccc(C#Cc4cccc(CSC(C)=O)c4)cc3)cc2)c1. The van der Waals surface area contributed by atoms with Gasteiger partial charge in [-0.1, -0.05) is 174 Å². The van der Waals surface area contributed by atoms with Gasteiger partial charge in [0.25, 0.3) is 5.69 Å². The van der Waals surface area contributed by atoms with Crippen molar-refractivity contribution in [1.82, 2.24) is 4.57 Å². The zero-order chi connectivity index (χ0) is 63.4. The minimum absolute atomic E-state index is 0.0261. The van der Waals surface area contributed by atoms with Crippen molar-refractivity contribution >= 4 is 113 Å². The van der Waals surface area contributed by atoms with Crippen LogP contribution in [-0.4, -0.2) is 47.0 Å². The highest BCUT2D eigenvalue weighted by Gasteiger charge is 2.41. The molecule has 11 aromatic rings. The van der Waals surface area contributed by atoms with Gasteiger partial charge in [-0.15, -0.1) is 0 Å². The topological polar surface area (TPSA) is 103 Å². The number of fused-ring (bicyclic) bond motifs is 3. The first-order valence-electron chi connectivity index (χ1n) is 29.3. The number of non-ortho nitro benzene ring substituents is 1. The van der Waals surface area contributed by atoms with E-state index in [9.17, 15) is 24.5 Å². The van der Waals surface area contributed by atoms with Crippen molar-refractivity contribution in [3.05, 3.63) is 302 Å². The van der Waals surface area contributed by atoms with Crippen LogP contribution < -0.4 is 25.6 Å². The molecule has 12 heteroatoms. The number of benzene rings is 10. The minimum atomic E-state index is -3.23. The predicted molar refractivity (Wildman–Crippen MR) is 381 cm³/mol. The van der Waals surface area contributed by atoms with Gasteiger partial charge in [-0.25, -0.2) is 0 Å². The molecule has 0 unspecified atom stereocenters. The lowest BCUT2D eigenvalue weighted by atomic mass is 10.1. The van der Waals surface area contributed by atoms with Crippen LogP contribution >= 0.6 is 35.3 Å². The Bertz CT molecular complexity index is 4580. The summed E-state index contributed by atoms with van der Waals surface area (Å²) in [6.45, 7) is 4.74. The van der Waals surface area contributed by atoms with Crippen molar-refractivity contribution in [3.63, 3.8) is 0 Å². The summed E-state index contributed by atoms with van der Waals surface area (Å²) in [6, 6.07) is 77.8. The molecule has 11 rings (SSSR count). The Labute approximate surface area is 544 Å². The first kappa shape index (κ1) is 62.3. The lowest BCUT2D eigenvalue weighted by molar-refractivity contribution is -0.384. The predicted octanol–water partition coefficient (Wildman–Crippen LogP) is 14.1. The second kappa shape index (κ2) is 28.5. The number of nitro benzene ring substituents is 1. The number of nitrogens with zero attached hydrogens (tertiary/aromatic N) is 3. The Morgan fingerprint density at radius 1 is 0.407 bits per heavy atom. The number of carbonyl (C=O) groups excluding carboxylic acids is 3. The van der Waals surface area contributed by atoms with E-state index in [0.29, 0.717) is 17.3 Å². The van der Waals surface area contributed by atoms with Gasteiger partial charge < -0.3 is 9.47 Å². The van der Waals surface area contributed by atoms with Crippen LogP contribution in [0.2, 0.25) is 0 Å². The third-order valence-electron chi connectivity index (χ3n) is 15.4. The molecular weight excluding hydrogens is 1200 g/mol. The minimum Gasteiger partial charge on any atom is -0.378 e. The monoisotopic (exact) mass is 1250 g/mol.